The molecule has 0 aliphatic heterocycles. The van der Waals surface area contributed by atoms with Gasteiger partial charge in [-0.05, 0) is 12.8 Å². The number of fused-ring (bicyclic) bond motifs is 1. The minimum absolute atomic E-state index is 0.0789. The maximum Gasteiger partial charge on any atom is 0.182 e. The first-order valence-electron chi connectivity index (χ1n) is 4.71. The van der Waals surface area contributed by atoms with Gasteiger partial charge in [0.2, 0.25) is 0 Å². The first kappa shape index (κ1) is 7.87. The van der Waals surface area contributed by atoms with Gasteiger partial charge in [0, 0.05) is 24.4 Å². The standard InChI is InChI=1S/C9H11N5/c10-5-9(1-2-9)7-8-13-12-6-14(8)4-3-11-7/h3-4,6H,1-2,5,10H2. The van der Waals surface area contributed by atoms with E-state index in [-0.39, 0.29) is 5.41 Å². The van der Waals surface area contributed by atoms with Crippen molar-refractivity contribution in [2.45, 2.75) is 18.3 Å². The Labute approximate surface area is 81.0 Å². The van der Waals surface area contributed by atoms with Crippen LogP contribution in [0.1, 0.15) is 18.5 Å². The molecule has 72 valence electrons. The Balaban J connectivity index is 2.25. The summed E-state index contributed by atoms with van der Waals surface area (Å²) in [5.74, 6) is 0. The van der Waals surface area contributed by atoms with Gasteiger partial charge < -0.3 is 5.73 Å². The SMILES string of the molecule is NCC1(c2nccn3cnnc23)CC1. The maximum absolute atomic E-state index is 5.76. The van der Waals surface area contributed by atoms with Gasteiger partial charge in [-0.1, -0.05) is 0 Å². The summed E-state index contributed by atoms with van der Waals surface area (Å²) in [5.41, 5.74) is 7.69. The zero-order valence-corrected chi connectivity index (χ0v) is 7.72. The minimum atomic E-state index is 0.0789. The Kier molecular flexibility index (Phi) is 1.41. The van der Waals surface area contributed by atoms with Crippen molar-refractivity contribution < 1.29 is 0 Å². The summed E-state index contributed by atoms with van der Waals surface area (Å²) in [6.07, 6.45) is 7.55. The predicted octanol–water partition coefficient (Wildman–Crippen LogP) is 0.115. The van der Waals surface area contributed by atoms with Crippen LogP contribution < -0.4 is 5.73 Å². The van der Waals surface area contributed by atoms with Crippen molar-refractivity contribution in [3.63, 3.8) is 0 Å². The van der Waals surface area contributed by atoms with Crippen molar-refractivity contribution >= 4 is 5.65 Å². The molecular weight excluding hydrogens is 178 g/mol. The predicted molar refractivity (Wildman–Crippen MR) is 50.7 cm³/mol. The largest absolute Gasteiger partial charge is 0.330 e. The molecule has 1 saturated carbocycles. The number of nitrogens with zero attached hydrogens (tertiary/aromatic N) is 4. The second-order valence-electron chi connectivity index (χ2n) is 3.82. The highest BCUT2D eigenvalue weighted by Crippen LogP contribution is 2.47. The zero-order valence-electron chi connectivity index (χ0n) is 7.72. The second kappa shape index (κ2) is 2.51. The van der Waals surface area contributed by atoms with Crippen molar-refractivity contribution in [1.29, 1.82) is 0 Å². The summed E-state index contributed by atoms with van der Waals surface area (Å²) in [7, 11) is 0. The normalized spacial score (nSPS) is 18.6. The molecule has 0 unspecified atom stereocenters. The summed E-state index contributed by atoms with van der Waals surface area (Å²) in [5, 5.41) is 7.94. The molecule has 14 heavy (non-hydrogen) atoms. The number of hydrogen-bond donors (Lipinski definition) is 1. The summed E-state index contributed by atoms with van der Waals surface area (Å²) in [4.78, 5) is 4.38. The van der Waals surface area contributed by atoms with Crippen LogP contribution in [0, 0.1) is 0 Å². The molecule has 3 rings (SSSR count). The third-order valence-corrected chi connectivity index (χ3v) is 2.96. The van der Waals surface area contributed by atoms with Gasteiger partial charge in [0.25, 0.3) is 0 Å². The highest BCUT2D eigenvalue weighted by atomic mass is 15.2. The lowest BCUT2D eigenvalue weighted by Crippen LogP contribution is -2.22. The molecule has 1 fully saturated rings. The van der Waals surface area contributed by atoms with E-state index in [1.165, 1.54) is 0 Å². The molecule has 2 N–H and O–H groups in total. The minimum Gasteiger partial charge on any atom is -0.330 e. The molecular formula is C9H11N5. The molecule has 2 aromatic heterocycles. The monoisotopic (exact) mass is 189 g/mol. The van der Waals surface area contributed by atoms with E-state index in [9.17, 15) is 0 Å². The van der Waals surface area contributed by atoms with Crippen LogP contribution in [0.25, 0.3) is 5.65 Å². The topological polar surface area (TPSA) is 69.1 Å². The van der Waals surface area contributed by atoms with E-state index in [1.54, 1.807) is 12.5 Å². The number of aromatic nitrogens is 4. The molecule has 0 atom stereocenters. The van der Waals surface area contributed by atoms with Crippen LogP contribution in [-0.4, -0.2) is 26.1 Å². The molecule has 0 spiro atoms. The molecule has 0 aromatic carbocycles. The fourth-order valence-electron chi connectivity index (χ4n) is 1.82. The lowest BCUT2D eigenvalue weighted by atomic mass is 10.0. The lowest BCUT2D eigenvalue weighted by molar-refractivity contribution is 0.678. The molecule has 1 aliphatic rings. The van der Waals surface area contributed by atoms with E-state index < -0.39 is 0 Å². The molecule has 0 bridgehead atoms. The smallest absolute Gasteiger partial charge is 0.182 e. The first-order chi connectivity index (χ1) is 6.86. The van der Waals surface area contributed by atoms with Crippen molar-refractivity contribution in [2.24, 2.45) is 5.73 Å². The average molecular weight is 189 g/mol. The van der Waals surface area contributed by atoms with Gasteiger partial charge in [0.15, 0.2) is 5.65 Å². The van der Waals surface area contributed by atoms with Gasteiger partial charge in [0.05, 0.1) is 5.69 Å². The Hall–Kier alpha value is -1.49. The Morgan fingerprint density at radius 2 is 2.36 bits per heavy atom. The first-order valence-corrected chi connectivity index (χ1v) is 4.71. The molecule has 5 nitrogen and oxygen atoms in total. The van der Waals surface area contributed by atoms with Crippen LogP contribution in [0.2, 0.25) is 0 Å². The fourth-order valence-corrected chi connectivity index (χ4v) is 1.82. The van der Waals surface area contributed by atoms with Crippen LogP contribution in [-0.2, 0) is 5.41 Å². The molecule has 2 aromatic rings. The molecule has 1 aliphatic carbocycles. The van der Waals surface area contributed by atoms with Crippen LogP contribution in [0.4, 0.5) is 0 Å². The molecule has 0 radical (unpaired) electrons. The van der Waals surface area contributed by atoms with Crippen molar-refractivity contribution in [2.75, 3.05) is 6.54 Å². The summed E-state index contributed by atoms with van der Waals surface area (Å²) in [6, 6.07) is 0. The van der Waals surface area contributed by atoms with E-state index >= 15 is 0 Å². The van der Waals surface area contributed by atoms with Gasteiger partial charge in [0.1, 0.15) is 6.33 Å². The second-order valence-corrected chi connectivity index (χ2v) is 3.82. The highest BCUT2D eigenvalue weighted by molar-refractivity contribution is 5.49. The van der Waals surface area contributed by atoms with Gasteiger partial charge >= 0.3 is 0 Å². The molecule has 0 amide bonds. The molecule has 5 heteroatoms. The van der Waals surface area contributed by atoms with Crippen LogP contribution in [0.3, 0.4) is 0 Å². The lowest BCUT2D eigenvalue weighted by Gasteiger charge is -2.11. The molecule has 2 heterocycles. The Bertz CT molecular complexity index is 471. The van der Waals surface area contributed by atoms with Gasteiger partial charge in [-0.2, -0.15) is 0 Å². The van der Waals surface area contributed by atoms with Gasteiger partial charge in [-0.25, -0.2) is 0 Å². The van der Waals surface area contributed by atoms with Crippen LogP contribution >= 0.6 is 0 Å². The summed E-state index contributed by atoms with van der Waals surface area (Å²) >= 11 is 0. The van der Waals surface area contributed by atoms with E-state index in [4.69, 9.17) is 5.73 Å². The third kappa shape index (κ3) is 0.899. The van der Waals surface area contributed by atoms with Gasteiger partial charge in [-0.3, -0.25) is 9.38 Å². The van der Waals surface area contributed by atoms with Crippen molar-refractivity contribution in [3.8, 4) is 0 Å². The van der Waals surface area contributed by atoms with E-state index in [0.717, 1.165) is 24.2 Å². The van der Waals surface area contributed by atoms with E-state index in [1.807, 2.05) is 10.6 Å². The number of hydrogen-bond acceptors (Lipinski definition) is 4. The summed E-state index contributed by atoms with van der Waals surface area (Å²) in [6.45, 7) is 0.645. The van der Waals surface area contributed by atoms with Crippen LogP contribution in [0.15, 0.2) is 18.7 Å². The fraction of sp³-hybridized carbons (Fsp3) is 0.444. The Morgan fingerprint density at radius 1 is 1.50 bits per heavy atom. The maximum atomic E-state index is 5.76. The highest BCUT2D eigenvalue weighted by Gasteiger charge is 2.46. The number of nitrogens with two attached hydrogens (primary N) is 1. The van der Waals surface area contributed by atoms with Crippen molar-refractivity contribution in [3.05, 3.63) is 24.4 Å². The van der Waals surface area contributed by atoms with Crippen molar-refractivity contribution in [1.82, 2.24) is 19.6 Å². The third-order valence-electron chi connectivity index (χ3n) is 2.96. The zero-order chi connectivity index (χ0) is 9.60. The van der Waals surface area contributed by atoms with E-state index in [2.05, 4.69) is 15.2 Å². The number of rotatable bonds is 2. The van der Waals surface area contributed by atoms with Crippen LogP contribution in [0.5, 0.6) is 0 Å². The summed E-state index contributed by atoms with van der Waals surface area (Å²) < 4.78 is 1.89. The molecule has 0 saturated heterocycles. The van der Waals surface area contributed by atoms with E-state index in [0.29, 0.717) is 6.54 Å². The Morgan fingerprint density at radius 3 is 3.07 bits per heavy atom. The quantitative estimate of drug-likeness (QED) is 0.728. The van der Waals surface area contributed by atoms with Gasteiger partial charge in [-0.15, -0.1) is 10.2 Å². The average Bonchev–Trinajstić information content (AvgIpc) is 2.87.